The molecule has 1 heteroatoms. The first-order valence-electron chi connectivity index (χ1n) is 5.84. The van der Waals surface area contributed by atoms with Crippen LogP contribution in [0.1, 0.15) is 40.0 Å². The molecule has 0 fully saturated rings. The number of hydrogen-bond donors (Lipinski definition) is 0. The van der Waals surface area contributed by atoms with Crippen molar-refractivity contribution >= 4 is 6.29 Å². The van der Waals surface area contributed by atoms with E-state index >= 15 is 0 Å². The van der Waals surface area contributed by atoms with Gasteiger partial charge in [-0.15, -0.1) is 0 Å². The zero-order valence-electron chi connectivity index (χ0n) is 10.6. The second kappa shape index (κ2) is 10.2. The molecule has 0 aliphatic rings. The molecule has 0 aromatic rings. The zero-order chi connectivity index (χ0) is 12.2. The second-order valence-corrected chi connectivity index (χ2v) is 3.89. The van der Waals surface area contributed by atoms with Gasteiger partial charge in [-0.1, -0.05) is 49.3 Å². The van der Waals surface area contributed by atoms with Gasteiger partial charge in [0.2, 0.25) is 0 Å². The van der Waals surface area contributed by atoms with Crippen LogP contribution in [-0.4, -0.2) is 6.29 Å². The molecule has 0 aliphatic carbocycles. The van der Waals surface area contributed by atoms with Crippen LogP contribution in [0.5, 0.6) is 0 Å². The summed E-state index contributed by atoms with van der Waals surface area (Å²) in [4.78, 5) is 10.0. The van der Waals surface area contributed by atoms with Crippen molar-refractivity contribution in [3.05, 3.63) is 47.6 Å². The average Bonchev–Trinajstić information content (AvgIpc) is 2.26. The van der Waals surface area contributed by atoms with Gasteiger partial charge >= 0.3 is 0 Å². The van der Waals surface area contributed by atoms with E-state index in [1.54, 1.807) is 6.08 Å². The van der Waals surface area contributed by atoms with E-state index in [0.717, 1.165) is 12.7 Å². The van der Waals surface area contributed by atoms with Crippen molar-refractivity contribution in [1.29, 1.82) is 0 Å². The first-order chi connectivity index (χ1) is 7.72. The highest BCUT2D eigenvalue weighted by molar-refractivity contribution is 5.65. The Labute approximate surface area is 99.3 Å². The van der Waals surface area contributed by atoms with Crippen LogP contribution in [0.15, 0.2) is 47.6 Å². The van der Waals surface area contributed by atoms with Crippen molar-refractivity contribution in [3.63, 3.8) is 0 Å². The van der Waals surface area contributed by atoms with Gasteiger partial charge in [0.1, 0.15) is 6.29 Å². The molecule has 0 bridgehead atoms. The van der Waals surface area contributed by atoms with Crippen molar-refractivity contribution in [2.75, 3.05) is 0 Å². The molecule has 0 spiro atoms. The fourth-order valence-electron chi connectivity index (χ4n) is 1.28. The summed E-state index contributed by atoms with van der Waals surface area (Å²) in [6.07, 6.45) is 15.5. The van der Waals surface area contributed by atoms with Crippen molar-refractivity contribution in [2.45, 2.75) is 40.0 Å². The molecule has 0 radical (unpaired) electrons. The van der Waals surface area contributed by atoms with Gasteiger partial charge < -0.3 is 0 Å². The smallest absolute Gasteiger partial charge is 0.142 e. The van der Waals surface area contributed by atoms with E-state index in [4.69, 9.17) is 0 Å². The van der Waals surface area contributed by atoms with Crippen molar-refractivity contribution in [2.24, 2.45) is 0 Å². The maximum Gasteiger partial charge on any atom is 0.142 e. The first-order valence-corrected chi connectivity index (χ1v) is 5.84. The largest absolute Gasteiger partial charge is 0.299 e. The summed E-state index contributed by atoms with van der Waals surface area (Å²) in [6.45, 7) is 6.49. The predicted molar refractivity (Wildman–Crippen MR) is 71.4 cm³/mol. The molecular formula is C15H22O. The zero-order valence-corrected chi connectivity index (χ0v) is 10.6. The van der Waals surface area contributed by atoms with E-state index in [-0.39, 0.29) is 0 Å². The Morgan fingerprint density at radius 2 is 1.62 bits per heavy atom. The fourth-order valence-corrected chi connectivity index (χ4v) is 1.28. The maximum atomic E-state index is 10.0. The van der Waals surface area contributed by atoms with Crippen LogP contribution in [0.2, 0.25) is 0 Å². The Balaban J connectivity index is 4.25. The number of rotatable bonds is 7. The van der Waals surface area contributed by atoms with Crippen molar-refractivity contribution < 1.29 is 4.79 Å². The number of carbonyl (C=O) groups excluding carboxylic acids is 1. The molecule has 16 heavy (non-hydrogen) atoms. The van der Waals surface area contributed by atoms with Crippen LogP contribution in [0.25, 0.3) is 0 Å². The third kappa shape index (κ3) is 7.98. The van der Waals surface area contributed by atoms with Crippen LogP contribution in [0, 0.1) is 0 Å². The normalized spacial score (nSPS) is 11.7. The molecule has 0 saturated heterocycles. The van der Waals surface area contributed by atoms with Gasteiger partial charge in [-0.05, 0) is 38.3 Å². The molecule has 0 saturated carbocycles. The third-order valence-electron chi connectivity index (χ3n) is 2.26. The van der Waals surface area contributed by atoms with E-state index in [9.17, 15) is 4.79 Å². The summed E-state index contributed by atoms with van der Waals surface area (Å²) < 4.78 is 0. The topological polar surface area (TPSA) is 17.1 Å². The minimum Gasteiger partial charge on any atom is -0.299 e. The molecule has 0 atom stereocenters. The van der Waals surface area contributed by atoms with Crippen molar-refractivity contribution in [3.8, 4) is 0 Å². The van der Waals surface area contributed by atoms with E-state index < -0.39 is 0 Å². The molecule has 0 amide bonds. The number of unbranched alkanes of at least 4 members (excludes halogenated alkanes) is 1. The summed E-state index contributed by atoms with van der Waals surface area (Å²) in [5.41, 5.74) is 2.78. The molecular weight excluding hydrogens is 196 g/mol. The standard InChI is InChI=1S/C15H22O/c1-4-5-11-15(14(2)3)12-9-7-6-8-10-13-16/h6-10,12-13H,4-5,11H2,1-3H3. The Morgan fingerprint density at radius 1 is 1.00 bits per heavy atom. The van der Waals surface area contributed by atoms with Crippen LogP contribution in [-0.2, 0) is 4.79 Å². The number of allylic oxidation sites excluding steroid dienone is 8. The highest BCUT2D eigenvalue weighted by Gasteiger charge is 1.93. The Bertz CT molecular complexity index is 299. The highest BCUT2D eigenvalue weighted by Crippen LogP contribution is 2.13. The second-order valence-electron chi connectivity index (χ2n) is 3.89. The molecule has 0 aliphatic heterocycles. The molecule has 0 unspecified atom stereocenters. The minimum atomic E-state index is 0.775. The Kier molecular flexibility index (Phi) is 9.29. The summed E-state index contributed by atoms with van der Waals surface area (Å²) in [5.74, 6) is 0. The lowest BCUT2D eigenvalue weighted by Crippen LogP contribution is -1.82. The summed E-state index contributed by atoms with van der Waals surface area (Å²) in [6, 6.07) is 0. The van der Waals surface area contributed by atoms with Crippen LogP contribution < -0.4 is 0 Å². The molecule has 88 valence electrons. The number of aldehydes is 1. The Hall–Kier alpha value is -1.37. The fraction of sp³-hybridized carbons (Fsp3) is 0.400. The SMILES string of the molecule is CCCCC(C=CC=CC=CC=O)=C(C)C. The quantitative estimate of drug-likeness (QED) is 0.352. The van der Waals surface area contributed by atoms with E-state index in [1.807, 2.05) is 18.2 Å². The molecule has 0 aromatic heterocycles. The third-order valence-corrected chi connectivity index (χ3v) is 2.26. The van der Waals surface area contributed by atoms with Crippen LogP contribution in [0.4, 0.5) is 0 Å². The molecule has 0 heterocycles. The van der Waals surface area contributed by atoms with E-state index in [2.05, 4.69) is 26.8 Å². The summed E-state index contributed by atoms with van der Waals surface area (Å²) >= 11 is 0. The molecule has 0 N–H and O–H groups in total. The number of hydrogen-bond acceptors (Lipinski definition) is 1. The van der Waals surface area contributed by atoms with Gasteiger partial charge in [-0.2, -0.15) is 0 Å². The molecule has 0 rings (SSSR count). The van der Waals surface area contributed by atoms with Gasteiger partial charge in [-0.25, -0.2) is 0 Å². The predicted octanol–water partition coefficient (Wildman–Crippen LogP) is 4.38. The van der Waals surface area contributed by atoms with Crippen molar-refractivity contribution in [1.82, 2.24) is 0 Å². The van der Waals surface area contributed by atoms with Gasteiger partial charge in [0, 0.05) is 0 Å². The first kappa shape index (κ1) is 14.6. The van der Waals surface area contributed by atoms with E-state index in [1.165, 1.54) is 30.1 Å². The lowest BCUT2D eigenvalue weighted by Gasteiger charge is -2.02. The van der Waals surface area contributed by atoms with Gasteiger partial charge in [0.05, 0.1) is 0 Å². The highest BCUT2D eigenvalue weighted by atomic mass is 16.1. The monoisotopic (exact) mass is 218 g/mol. The maximum absolute atomic E-state index is 10.0. The lowest BCUT2D eigenvalue weighted by atomic mass is 10.0. The van der Waals surface area contributed by atoms with Gasteiger partial charge in [0.15, 0.2) is 0 Å². The molecule has 1 nitrogen and oxygen atoms in total. The summed E-state index contributed by atoms with van der Waals surface area (Å²) in [5, 5.41) is 0. The van der Waals surface area contributed by atoms with Crippen LogP contribution in [0.3, 0.4) is 0 Å². The van der Waals surface area contributed by atoms with Gasteiger partial charge in [0.25, 0.3) is 0 Å². The average molecular weight is 218 g/mol. The number of carbonyl (C=O) groups is 1. The molecule has 0 aromatic carbocycles. The summed E-state index contributed by atoms with van der Waals surface area (Å²) in [7, 11) is 0. The Morgan fingerprint density at radius 3 is 2.19 bits per heavy atom. The minimum absolute atomic E-state index is 0.775. The van der Waals surface area contributed by atoms with Gasteiger partial charge in [-0.3, -0.25) is 4.79 Å². The van der Waals surface area contributed by atoms with Crippen LogP contribution >= 0.6 is 0 Å². The lowest BCUT2D eigenvalue weighted by molar-refractivity contribution is -0.104. The van der Waals surface area contributed by atoms with E-state index in [0.29, 0.717) is 0 Å².